The fourth-order valence-corrected chi connectivity index (χ4v) is 2.76. The molecule has 0 aromatic carbocycles. The minimum absolute atomic E-state index is 0.0438. The number of nitrogens with one attached hydrogen (secondary N) is 1. The second-order valence-electron chi connectivity index (χ2n) is 4.99. The van der Waals surface area contributed by atoms with Gasteiger partial charge in [-0.05, 0) is 37.3 Å². The third kappa shape index (κ3) is 1.80. The number of ether oxygens (including phenoxy) is 1. The van der Waals surface area contributed by atoms with Crippen LogP contribution in [0, 0.1) is 11.3 Å². The van der Waals surface area contributed by atoms with Gasteiger partial charge in [-0.3, -0.25) is 5.41 Å². The highest BCUT2D eigenvalue weighted by atomic mass is 16.5. The van der Waals surface area contributed by atoms with Crippen molar-refractivity contribution < 1.29 is 4.74 Å². The van der Waals surface area contributed by atoms with Gasteiger partial charge < -0.3 is 10.5 Å². The fourth-order valence-electron chi connectivity index (χ4n) is 2.76. The largest absolute Gasteiger partial charge is 0.482 e. The van der Waals surface area contributed by atoms with Crippen LogP contribution < -0.4 is 5.73 Å². The van der Waals surface area contributed by atoms with E-state index in [4.69, 9.17) is 15.9 Å². The molecule has 2 atom stereocenters. The van der Waals surface area contributed by atoms with Crippen molar-refractivity contribution in [2.45, 2.75) is 31.8 Å². The van der Waals surface area contributed by atoms with E-state index >= 15 is 0 Å². The van der Waals surface area contributed by atoms with E-state index < -0.39 is 0 Å². The summed E-state index contributed by atoms with van der Waals surface area (Å²) >= 11 is 0. The van der Waals surface area contributed by atoms with Crippen LogP contribution >= 0.6 is 0 Å². The zero-order valence-corrected chi connectivity index (χ0v) is 10.4. The smallest absolute Gasteiger partial charge is 0.164 e. The van der Waals surface area contributed by atoms with E-state index in [2.05, 4.69) is 24.3 Å². The molecule has 0 saturated heterocycles. The normalized spacial score (nSPS) is 29.9. The van der Waals surface area contributed by atoms with Gasteiger partial charge in [-0.15, -0.1) is 0 Å². The molecule has 94 valence electrons. The maximum Gasteiger partial charge on any atom is 0.164 e. The molecular weight excluding hydrogens is 224 g/mol. The number of hydrogen-bond acceptors (Lipinski definition) is 3. The molecule has 3 rings (SSSR count). The first-order valence-corrected chi connectivity index (χ1v) is 6.56. The summed E-state index contributed by atoms with van der Waals surface area (Å²) in [5.74, 6) is 0.855. The molecule has 3 heteroatoms. The lowest BCUT2D eigenvalue weighted by molar-refractivity contribution is 0.157. The molecule has 3 aliphatic rings. The summed E-state index contributed by atoms with van der Waals surface area (Å²) in [6, 6.07) is 0. The molecule has 3 N–H and O–H groups in total. The van der Waals surface area contributed by atoms with Crippen molar-refractivity contribution in [1.29, 1.82) is 5.41 Å². The molecule has 18 heavy (non-hydrogen) atoms. The van der Waals surface area contributed by atoms with Crippen molar-refractivity contribution >= 4 is 5.71 Å². The van der Waals surface area contributed by atoms with Crippen molar-refractivity contribution in [3.05, 3.63) is 47.4 Å². The van der Waals surface area contributed by atoms with Crippen LogP contribution in [0.5, 0.6) is 0 Å². The van der Waals surface area contributed by atoms with Crippen molar-refractivity contribution in [2.24, 2.45) is 11.7 Å². The maximum absolute atomic E-state index is 8.25. The molecule has 0 aromatic heterocycles. The minimum Gasteiger partial charge on any atom is -0.482 e. The Morgan fingerprint density at radius 2 is 2.17 bits per heavy atom. The molecule has 0 radical (unpaired) electrons. The minimum atomic E-state index is 0.0438. The molecule has 2 unspecified atom stereocenters. The van der Waals surface area contributed by atoms with E-state index in [1.165, 1.54) is 0 Å². The summed E-state index contributed by atoms with van der Waals surface area (Å²) in [4.78, 5) is 0. The monoisotopic (exact) mass is 242 g/mol. The van der Waals surface area contributed by atoms with Crippen molar-refractivity contribution in [2.75, 3.05) is 0 Å². The predicted octanol–water partition coefficient (Wildman–Crippen LogP) is 2.82. The summed E-state index contributed by atoms with van der Waals surface area (Å²) in [5.41, 5.74) is 8.30. The summed E-state index contributed by atoms with van der Waals surface area (Å²) in [6.07, 6.45) is 14.6. The van der Waals surface area contributed by atoms with Crippen LogP contribution in [-0.4, -0.2) is 11.8 Å². The average Bonchev–Trinajstić information content (AvgIpc) is 2.77. The topological polar surface area (TPSA) is 59.1 Å². The Balaban J connectivity index is 1.86. The molecule has 0 fully saturated rings. The lowest BCUT2D eigenvalue weighted by Gasteiger charge is -2.19. The summed E-state index contributed by atoms with van der Waals surface area (Å²) in [7, 11) is 0. The van der Waals surface area contributed by atoms with E-state index in [1.54, 1.807) is 0 Å². The van der Waals surface area contributed by atoms with Gasteiger partial charge in [-0.2, -0.15) is 0 Å². The van der Waals surface area contributed by atoms with Crippen molar-refractivity contribution in [3.8, 4) is 0 Å². The van der Waals surface area contributed by atoms with Gasteiger partial charge >= 0.3 is 0 Å². The Labute approximate surface area is 107 Å². The SMILES string of the molecule is N=C(C1=CCCC=C1)C1=C(N)C2CCC=CC2O1. The van der Waals surface area contributed by atoms with E-state index in [0.29, 0.717) is 11.5 Å². The number of fused-ring (bicyclic) bond motifs is 1. The number of rotatable bonds is 2. The fraction of sp³-hybridized carbons (Fsp3) is 0.400. The molecule has 1 heterocycles. The van der Waals surface area contributed by atoms with Crippen LogP contribution in [0.3, 0.4) is 0 Å². The van der Waals surface area contributed by atoms with Crippen LogP contribution in [-0.2, 0) is 4.74 Å². The zero-order chi connectivity index (χ0) is 12.5. The van der Waals surface area contributed by atoms with Gasteiger partial charge in [0.05, 0.1) is 5.70 Å². The van der Waals surface area contributed by atoms with Crippen LogP contribution in [0.25, 0.3) is 0 Å². The van der Waals surface area contributed by atoms with E-state index in [-0.39, 0.29) is 12.0 Å². The zero-order valence-electron chi connectivity index (χ0n) is 10.4. The first-order chi connectivity index (χ1) is 8.77. The molecular formula is C15H18N2O. The molecule has 1 aliphatic heterocycles. The highest BCUT2D eigenvalue weighted by Gasteiger charge is 2.36. The van der Waals surface area contributed by atoms with Gasteiger partial charge in [-0.1, -0.05) is 24.3 Å². The number of allylic oxidation sites excluding steroid dienone is 5. The van der Waals surface area contributed by atoms with Gasteiger partial charge in [-0.25, -0.2) is 0 Å². The van der Waals surface area contributed by atoms with Crippen LogP contribution in [0.4, 0.5) is 0 Å². The van der Waals surface area contributed by atoms with Gasteiger partial charge in [0.25, 0.3) is 0 Å². The lowest BCUT2D eigenvalue weighted by atomic mass is 9.89. The Morgan fingerprint density at radius 1 is 1.28 bits per heavy atom. The molecule has 2 aliphatic carbocycles. The average molecular weight is 242 g/mol. The van der Waals surface area contributed by atoms with Crippen LogP contribution in [0.15, 0.2) is 47.4 Å². The Kier molecular flexibility index (Phi) is 2.82. The third-order valence-electron chi connectivity index (χ3n) is 3.79. The summed E-state index contributed by atoms with van der Waals surface area (Å²) in [5, 5.41) is 8.25. The standard InChI is InChI=1S/C15H18N2O/c16-13(10-6-2-1-3-7-10)15-14(17)11-8-4-5-9-12(11)18-15/h2,5-7,9,11-12,16H,1,3-4,8,17H2. The Bertz CT molecular complexity index is 497. The van der Waals surface area contributed by atoms with Gasteiger partial charge in [0.1, 0.15) is 11.8 Å². The molecule has 3 nitrogen and oxygen atoms in total. The van der Waals surface area contributed by atoms with Crippen LogP contribution in [0.1, 0.15) is 25.7 Å². The summed E-state index contributed by atoms with van der Waals surface area (Å²) in [6.45, 7) is 0. The van der Waals surface area contributed by atoms with E-state index in [0.717, 1.165) is 37.0 Å². The number of hydrogen-bond donors (Lipinski definition) is 2. The van der Waals surface area contributed by atoms with Gasteiger partial charge in [0.15, 0.2) is 5.76 Å². The molecule has 0 bridgehead atoms. The highest BCUT2D eigenvalue weighted by molar-refractivity contribution is 6.11. The molecule has 0 spiro atoms. The first kappa shape index (κ1) is 11.3. The molecule has 0 aromatic rings. The van der Waals surface area contributed by atoms with Gasteiger partial charge in [0, 0.05) is 5.92 Å². The maximum atomic E-state index is 8.25. The second-order valence-corrected chi connectivity index (χ2v) is 4.99. The van der Waals surface area contributed by atoms with Crippen molar-refractivity contribution in [3.63, 3.8) is 0 Å². The third-order valence-corrected chi connectivity index (χ3v) is 3.79. The Morgan fingerprint density at radius 3 is 2.89 bits per heavy atom. The predicted molar refractivity (Wildman–Crippen MR) is 72.1 cm³/mol. The lowest BCUT2D eigenvalue weighted by Crippen LogP contribution is -2.21. The quantitative estimate of drug-likeness (QED) is 0.578. The first-order valence-electron chi connectivity index (χ1n) is 6.56. The van der Waals surface area contributed by atoms with Crippen molar-refractivity contribution in [1.82, 2.24) is 0 Å². The van der Waals surface area contributed by atoms with Gasteiger partial charge in [0.2, 0.25) is 0 Å². The van der Waals surface area contributed by atoms with E-state index in [1.807, 2.05) is 6.08 Å². The summed E-state index contributed by atoms with van der Waals surface area (Å²) < 4.78 is 5.86. The molecule has 0 saturated carbocycles. The number of nitrogens with two attached hydrogens (primary N) is 1. The second kappa shape index (κ2) is 4.48. The highest BCUT2D eigenvalue weighted by Crippen LogP contribution is 2.36. The van der Waals surface area contributed by atoms with Crippen LogP contribution in [0.2, 0.25) is 0 Å². The Hall–Kier alpha value is -1.77. The molecule has 0 amide bonds. The van der Waals surface area contributed by atoms with E-state index in [9.17, 15) is 0 Å².